The summed E-state index contributed by atoms with van der Waals surface area (Å²) in [6.45, 7) is 4.05. The zero-order valence-electron chi connectivity index (χ0n) is 10.6. The van der Waals surface area contributed by atoms with E-state index < -0.39 is 6.36 Å². The van der Waals surface area contributed by atoms with Crippen LogP contribution in [0.15, 0.2) is 24.3 Å². The van der Waals surface area contributed by atoms with Gasteiger partial charge in [-0.25, -0.2) is 0 Å². The van der Waals surface area contributed by atoms with Crippen LogP contribution >= 0.6 is 0 Å². The molecule has 1 heterocycles. The lowest BCUT2D eigenvalue weighted by Crippen LogP contribution is -2.42. The molecule has 0 bridgehead atoms. The number of alkyl halides is 3. The fraction of sp³-hybridized carbons (Fsp3) is 0.538. The van der Waals surface area contributed by atoms with Gasteiger partial charge in [0.15, 0.2) is 0 Å². The van der Waals surface area contributed by atoms with E-state index in [1.165, 1.54) is 12.1 Å². The number of ether oxygens (including phenoxy) is 1. The van der Waals surface area contributed by atoms with E-state index >= 15 is 0 Å². The van der Waals surface area contributed by atoms with E-state index in [-0.39, 0.29) is 5.75 Å². The molecule has 1 aromatic carbocycles. The summed E-state index contributed by atoms with van der Waals surface area (Å²) in [7, 11) is 0. The third-order valence-electron chi connectivity index (χ3n) is 3.23. The lowest BCUT2D eigenvalue weighted by atomic mass is 9.95. The van der Waals surface area contributed by atoms with Gasteiger partial charge in [-0.3, -0.25) is 0 Å². The van der Waals surface area contributed by atoms with Crippen LogP contribution in [-0.4, -0.2) is 25.5 Å². The smallest absolute Gasteiger partial charge is 0.406 e. The van der Waals surface area contributed by atoms with Gasteiger partial charge in [-0.1, -0.05) is 6.92 Å². The zero-order valence-corrected chi connectivity index (χ0v) is 10.6. The number of halogens is 3. The first-order valence-electron chi connectivity index (χ1n) is 6.27. The van der Waals surface area contributed by atoms with E-state index in [4.69, 9.17) is 0 Å². The van der Waals surface area contributed by atoms with Crippen LogP contribution in [0.25, 0.3) is 0 Å². The highest BCUT2D eigenvalue weighted by atomic mass is 19.4. The van der Waals surface area contributed by atoms with Crippen molar-refractivity contribution in [3.05, 3.63) is 24.3 Å². The highest BCUT2D eigenvalue weighted by Crippen LogP contribution is 2.25. The molecular weight excluding hydrogens is 257 g/mol. The number of rotatable bonds is 3. The van der Waals surface area contributed by atoms with Crippen LogP contribution in [0.5, 0.6) is 5.75 Å². The Bertz CT molecular complexity index is 405. The molecule has 6 heteroatoms. The molecule has 1 aromatic rings. The molecule has 2 N–H and O–H groups in total. The number of hydrogen-bond donors (Lipinski definition) is 2. The van der Waals surface area contributed by atoms with E-state index in [1.54, 1.807) is 12.1 Å². The maximum absolute atomic E-state index is 12.0. The molecule has 1 saturated heterocycles. The summed E-state index contributed by atoms with van der Waals surface area (Å²) < 4.78 is 39.9. The molecule has 0 amide bonds. The molecular formula is C13H17F3N2O. The summed E-state index contributed by atoms with van der Waals surface area (Å²) >= 11 is 0. The first kappa shape index (κ1) is 14.0. The van der Waals surface area contributed by atoms with Gasteiger partial charge in [0.25, 0.3) is 0 Å². The summed E-state index contributed by atoms with van der Waals surface area (Å²) in [5.74, 6) is 0.288. The van der Waals surface area contributed by atoms with Crippen molar-refractivity contribution in [3.8, 4) is 5.75 Å². The molecule has 2 atom stereocenters. The van der Waals surface area contributed by atoms with Gasteiger partial charge in [0.05, 0.1) is 0 Å². The molecule has 106 valence electrons. The van der Waals surface area contributed by atoms with E-state index in [0.29, 0.717) is 12.0 Å². The molecule has 0 spiro atoms. The van der Waals surface area contributed by atoms with Gasteiger partial charge in [0.2, 0.25) is 0 Å². The molecule has 0 aromatic heterocycles. The monoisotopic (exact) mass is 274 g/mol. The van der Waals surface area contributed by atoms with Crippen LogP contribution in [0.4, 0.5) is 18.9 Å². The largest absolute Gasteiger partial charge is 0.573 e. The summed E-state index contributed by atoms with van der Waals surface area (Å²) in [5, 5.41) is 6.64. The van der Waals surface area contributed by atoms with Crippen molar-refractivity contribution in [3.63, 3.8) is 0 Å². The predicted octanol–water partition coefficient (Wildman–Crippen LogP) is 3.00. The van der Waals surface area contributed by atoms with Crippen molar-refractivity contribution in [2.24, 2.45) is 5.92 Å². The van der Waals surface area contributed by atoms with Crippen molar-refractivity contribution in [1.82, 2.24) is 5.32 Å². The number of benzene rings is 1. The van der Waals surface area contributed by atoms with Crippen molar-refractivity contribution < 1.29 is 17.9 Å². The van der Waals surface area contributed by atoms with Crippen LogP contribution in [0, 0.1) is 5.92 Å². The third kappa shape index (κ3) is 4.31. The van der Waals surface area contributed by atoms with Crippen molar-refractivity contribution in [2.45, 2.75) is 25.7 Å². The summed E-state index contributed by atoms with van der Waals surface area (Å²) in [6.07, 6.45) is -3.64. The number of anilines is 1. The van der Waals surface area contributed by atoms with Gasteiger partial charge >= 0.3 is 6.36 Å². The Morgan fingerprint density at radius 3 is 2.53 bits per heavy atom. The predicted molar refractivity (Wildman–Crippen MR) is 67.2 cm³/mol. The normalized spacial score (nSPS) is 24.0. The van der Waals surface area contributed by atoms with Crippen LogP contribution in [-0.2, 0) is 0 Å². The SMILES string of the molecule is CC1CNCCC1Nc1ccc(OC(F)(F)F)cc1. The molecule has 0 saturated carbocycles. The maximum atomic E-state index is 12.0. The molecule has 1 aliphatic heterocycles. The minimum Gasteiger partial charge on any atom is -0.406 e. The zero-order chi connectivity index (χ0) is 13.9. The topological polar surface area (TPSA) is 33.3 Å². The summed E-state index contributed by atoms with van der Waals surface area (Å²) in [6, 6.07) is 6.20. The Balaban J connectivity index is 1.94. The second-order valence-electron chi connectivity index (χ2n) is 4.79. The van der Waals surface area contributed by atoms with E-state index in [2.05, 4.69) is 22.3 Å². The fourth-order valence-corrected chi connectivity index (χ4v) is 2.20. The van der Waals surface area contributed by atoms with Crippen LogP contribution in [0.2, 0.25) is 0 Å². The summed E-state index contributed by atoms with van der Waals surface area (Å²) in [4.78, 5) is 0. The quantitative estimate of drug-likeness (QED) is 0.889. The molecule has 0 aliphatic carbocycles. The van der Waals surface area contributed by atoms with Gasteiger partial charge in [-0.05, 0) is 49.7 Å². The Morgan fingerprint density at radius 2 is 1.95 bits per heavy atom. The number of nitrogens with one attached hydrogen (secondary N) is 2. The second-order valence-corrected chi connectivity index (χ2v) is 4.79. The second kappa shape index (κ2) is 5.69. The van der Waals surface area contributed by atoms with E-state index in [1.807, 2.05) is 0 Å². The Morgan fingerprint density at radius 1 is 1.26 bits per heavy atom. The minimum atomic E-state index is -4.64. The minimum absolute atomic E-state index is 0.198. The lowest BCUT2D eigenvalue weighted by Gasteiger charge is -2.31. The van der Waals surface area contributed by atoms with Crippen molar-refractivity contribution in [1.29, 1.82) is 0 Å². The molecule has 3 nitrogen and oxygen atoms in total. The van der Waals surface area contributed by atoms with Crippen LogP contribution < -0.4 is 15.4 Å². The van der Waals surface area contributed by atoms with Gasteiger partial charge in [-0.2, -0.15) is 0 Å². The molecule has 0 radical (unpaired) electrons. The van der Waals surface area contributed by atoms with Crippen LogP contribution in [0.3, 0.4) is 0 Å². The standard InChI is InChI=1S/C13H17F3N2O/c1-9-8-17-7-6-12(9)18-10-2-4-11(5-3-10)19-13(14,15)16/h2-5,9,12,17-18H,6-8H2,1H3. The van der Waals surface area contributed by atoms with Gasteiger partial charge < -0.3 is 15.4 Å². The average Bonchev–Trinajstić information content (AvgIpc) is 2.33. The summed E-state index contributed by atoms with van der Waals surface area (Å²) in [5.41, 5.74) is 0.813. The average molecular weight is 274 g/mol. The Kier molecular flexibility index (Phi) is 4.19. The molecule has 1 fully saturated rings. The molecule has 1 aliphatic rings. The van der Waals surface area contributed by atoms with Crippen molar-refractivity contribution >= 4 is 5.69 Å². The molecule has 2 unspecified atom stereocenters. The van der Waals surface area contributed by atoms with E-state index in [9.17, 15) is 13.2 Å². The Hall–Kier alpha value is -1.43. The first-order chi connectivity index (χ1) is 8.94. The number of hydrogen-bond acceptors (Lipinski definition) is 3. The van der Waals surface area contributed by atoms with E-state index in [0.717, 1.165) is 25.2 Å². The van der Waals surface area contributed by atoms with Crippen LogP contribution in [0.1, 0.15) is 13.3 Å². The van der Waals surface area contributed by atoms with Gasteiger partial charge in [0.1, 0.15) is 5.75 Å². The highest BCUT2D eigenvalue weighted by molar-refractivity contribution is 5.47. The molecule has 19 heavy (non-hydrogen) atoms. The lowest BCUT2D eigenvalue weighted by molar-refractivity contribution is -0.274. The number of piperidine rings is 1. The van der Waals surface area contributed by atoms with Gasteiger partial charge in [-0.15, -0.1) is 13.2 Å². The Labute approximate surface area is 110 Å². The maximum Gasteiger partial charge on any atom is 0.573 e. The van der Waals surface area contributed by atoms with Crippen molar-refractivity contribution in [2.75, 3.05) is 18.4 Å². The molecule has 2 rings (SSSR count). The first-order valence-corrected chi connectivity index (χ1v) is 6.27. The fourth-order valence-electron chi connectivity index (χ4n) is 2.20. The van der Waals surface area contributed by atoms with Gasteiger partial charge in [0, 0.05) is 11.7 Å². The third-order valence-corrected chi connectivity index (χ3v) is 3.23. The highest BCUT2D eigenvalue weighted by Gasteiger charge is 2.31.